The number of carbonyl (C=O) groups is 1. The molecule has 3 rings (SSSR count). The molecule has 0 aromatic carbocycles. The molecule has 1 amide bonds. The molecule has 1 aliphatic heterocycles. The lowest BCUT2D eigenvalue weighted by Crippen LogP contribution is -2.49. The molecule has 1 atom stereocenters. The number of H-pyrrole nitrogens is 1. The number of pyridine rings is 2. The first-order chi connectivity index (χ1) is 11.3. The minimum Gasteiger partial charge on any atom is -0.337 e. The van der Waals surface area contributed by atoms with Gasteiger partial charge in [-0.15, -0.1) is 0 Å². The van der Waals surface area contributed by atoms with Gasteiger partial charge in [0.15, 0.2) is 0 Å². The highest BCUT2D eigenvalue weighted by atomic mass is 32.2. The van der Waals surface area contributed by atoms with Crippen LogP contribution in [0.3, 0.4) is 0 Å². The fraction of sp³-hybridized carbons (Fsp3) is 0.400. The van der Waals surface area contributed by atoms with Crippen LogP contribution < -0.4 is 10.3 Å². The van der Waals surface area contributed by atoms with Crippen molar-refractivity contribution in [2.45, 2.75) is 18.9 Å². The predicted octanol–water partition coefficient (Wildman–Crippen LogP) is 0.0769. The second-order valence-electron chi connectivity index (χ2n) is 5.95. The number of fused-ring (bicyclic) bond motifs is 1. The number of rotatable bonds is 3. The summed E-state index contributed by atoms with van der Waals surface area (Å²) in [6.07, 6.45) is 5.42. The van der Waals surface area contributed by atoms with Crippen molar-refractivity contribution in [2.24, 2.45) is 0 Å². The number of hydrogen-bond acceptors (Lipinski definition) is 5. The molecule has 0 aliphatic carbocycles. The molecule has 1 fully saturated rings. The van der Waals surface area contributed by atoms with Crippen LogP contribution in [0.4, 0.5) is 0 Å². The maximum absolute atomic E-state index is 12.7. The SMILES string of the molecule is CS(=O)(=O)NC1CCCN(C(=O)c2cnc3c(=O)[nH]ccc3c2)C1. The fourth-order valence-corrected chi connectivity index (χ4v) is 3.73. The van der Waals surface area contributed by atoms with Crippen LogP contribution in [-0.2, 0) is 10.0 Å². The van der Waals surface area contributed by atoms with Gasteiger partial charge in [0.2, 0.25) is 10.0 Å². The van der Waals surface area contributed by atoms with Crippen LogP contribution in [0.1, 0.15) is 23.2 Å². The van der Waals surface area contributed by atoms with E-state index in [1.807, 2.05) is 0 Å². The molecule has 3 heterocycles. The van der Waals surface area contributed by atoms with Crippen LogP contribution in [0.2, 0.25) is 0 Å². The molecule has 8 nitrogen and oxygen atoms in total. The lowest BCUT2D eigenvalue weighted by Gasteiger charge is -2.32. The molecule has 1 saturated heterocycles. The molecule has 1 aliphatic rings. The molecule has 9 heteroatoms. The monoisotopic (exact) mass is 350 g/mol. The van der Waals surface area contributed by atoms with Gasteiger partial charge in [-0.05, 0) is 25.0 Å². The molecule has 2 aromatic rings. The summed E-state index contributed by atoms with van der Waals surface area (Å²) >= 11 is 0. The Morgan fingerprint density at radius 2 is 2.25 bits per heavy atom. The van der Waals surface area contributed by atoms with Gasteiger partial charge in [0.05, 0.1) is 11.8 Å². The van der Waals surface area contributed by atoms with Gasteiger partial charge in [-0.2, -0.15) is 0 Å². The van der Waals surface area contributed by atoms with Crippen LogP contribution in [0, 0.1) is 0 Å². The minimum absolute atomic E-state index is 0.218. The number of carbonyl (C=O) groups excluding carboxylic acids is 1. The highest BCUT2D eigenvalue weighted by Gasteiger charge is 2.26. The largest absolute Gasteiger partial charge is 0.337 e. The topological polar surface area (TPSA) is 112 Å². The lowest BCUT2D eigenvalue weighted by molar-refractivity contribution is 0.0703. The molecule has 2 N–H and O–H groups in total. The highest BCUT2D eigenvalue weighted by Crippen LogP contribution is 2.16. The van der Waals surface area contributed by atoms with Crippen molar-refractivity contribution in [3.05, 3.63) is 40.4 Å². The van der Waals surface area contributed by atoms with Crippen LogP contribution in [0.15, 0.2) is 29.3 Å². The Morgan fingerprint density at radius 1 is 1.46 bits per heavy atom. The van der Waals surface area contributed by atoms with E-state index in [0.29, 0.717) is 30.5 Å². The van der Waals surface area contributed by atoms with Crippen molar-refractivity contribution >= 4 is 26.8 Å². The van der Waals surface area contributed by atoms with Gasteiger partial charge in [-0.1, -0.05) is 0 Å². The zero-order valence-electron chi connectivity index (χ0n) is 13.2. The highest BCUT2D eigenvalue weighted by molar-refractivity contribution is 7.88. The zero-order valence-corrected chi connectivity index (χ0v) is 14.0. The third-order valence-electron chi connectivity index (χ3n) is 3.95. The summed E-state index contributed by atoms with van der Waals surface area (Å²) in [6, 6.07) is 3.03. The molecule has 128 valence electrons. The van der Waals surface area contributed by atoms with Gasteiger partial charge >= 0.3 is 0 Å². The van der Waals surface area contributed by atoms with Crippen molar-refractivity contribution in [2.75, 3.05) is 19.3 Å². The summed E-state index contributed by atoms with van der Waals surface area (Å²) in [5.41, 5.74) is 0.360. The van der Waals surface area contributed by atoms with Crippen LogP contribution in [-0.4, -0.2) is 54.6 Å². The number of piperidine rings is 1. The summed E-state index contributed by atoms with van der Waals surface area (Å²) in [7, 11) is -3.31. The Kier molecular flexibility index (Phi) is 4.37. The van der Waals surface area contributed by atoms with Crippen molar-refractivity contribution < 1.29 is 13.2 Å². The summed E-state index contributed by atoms with van der Waals surface area (Å²) in [4.78, 5) is 32.5. The van der Waals surface area contributed by atoms with Gasteiger partial charge in [-0.3, -0.25) is 9.59 Å². The molecule has 0 saturated carbocycles. The second kappa shape index (κ2) is 6.33. The Morgan fingerprint density at radius 3 is 3.00 bits per heavy atom. The normalized spacial score (nSPS) is 18.7. The average Bonchev–Trinajstić information content (AvgIpc) is 2.53. The first-order valence-electron chi connectivity index (χ1n) is 7.57. The van der Waals surface area contributed by atoms with Crippen molar-refractivity contribution in [1.29, 1.82) is 0 Å². The Balaban J connectivity index is 1.82. The minimum atomic E-state index is -3.31. The molecule has 2 aromatic heterocycles. The first-order valence-corrected chi connectivity index (χ1v) is 9.47. The molecule has 0 bridgehead atoms. The van der Waals surface area contributed by atoms with Crippen LogP contribution in [0.25, 0.3) is 10.9 Å². The number of nitrogens with one attached hydrogen (secondary N) is 2. The van der Waals surface area contributed by atoms with Gasteiger partial charge < -0.3 is 9.88 Å². The van der Waals surface area contributed by atoms with Crippen molar-refractivity contribution in [3.8, 4) is 0 Å². The maximum atomic E-state index is 12.7. The Hall–Kier alpha value is -2.26. The molecular formula is C15H18N4O4S. The number of nitrogens with zero attached hydrogens (tertiary/aromatic N) is 2. The number of aromatic nitrogens is 2. The van der Waals surface area contributed by atoms with Crippen molar-refractivity contribution in [3.63, 3.8) is 0 Å². The van der Waals surface area contributed by atoms with E-state index in [2.05, 4.69) is 14.7 Å². The van der Waals surface area contributed by atoms with E-state index >= 15 is 0 Å². The van der Waals surface area contributed by atoms with E-state index < -0.39 is 10.0 Å². The number of amides is 1. The van der Waals surface area contributed by atoms with E-state index in [0.717, 1.165) is 12.7 Å². The standard InChI is InChI=1S/C15H18N4O4S/c1-24(22,23)18-12-3-2-6-19(9-12)15(21)11-7-10-4-5-16-14(20)13(10)17-8-11/h4-5,7-8,12,18H,2-3,6,9H2,1H3,(H,16,20). The summed E-state index contributed by atoms with van der Waals surface area (Å²) < 4.78 is 25.3. The molecule has 1 unspecified atom stereocenters. The fourth-order valence-electron chi connectivity index (χ4n) is 2.93. The van der Waals surface area contributed by atoms with E-state index in [1.165, 1.54) is 12.4 Å². The van der Waals surface area contributed by atoms with Gasteiger partial charge in [-0.25, -0.2) is 18.1 Å². The summed E-state index contributed by atoms with van der Waals surface area (Å²) in [5, 5.41) is 0.590. The first kappa shape index (κ1) is 16.6. The van der Waals surface area contributed by atoms with E-state index in [4.69, 9.17) is 0 Å². The van der Waals surface area contributed by atoms with Crippen LogP contribution in [0.5, 0.6) is 0 Å². The summed E-state index contributed by atoms with van der Waals surface area (Å²) in [5.74, 6) is -0.218. The third-order valence-corrected chi connectivity index (χ3v) is 4.71. The number of likely N-dealkylation sites (tertiary alicyclic amines) is 1. The maximum Gasteiger partial charge on any atom is 0.274 e. The van der Waals surface area contributed by atoms with E-state index in [9.17, 15) is 18.0 Å². The van der Waals surface area contributed by atoms with Crippen molar-refractivity contribution in [1.82, 2.24) is 19.6 Å². The van der Waals surface area contributed by atoms with Crippen LogP contribution >= 0.6 is 0 Å². The van der Waals surface area contributed by atoms with Gasteiger partial charge in [0.25, 0.3) is 11.5 Å². The zero-order chi connectivity index (χ0) is 17.3. The van der Waals surface area contributed by atoms with E-state index in [-0.39, 0.29) is 23.0 Å². The average molecular weight is 350 g/mol. The van der Waals surface area contributed by atoms with E-state index in [1.54, 1.807) is 17.0 Å². The smallest absolute Gasteiger partial charge is 0.274 e. The second-order valence-corrected chi connectivity index (χ2v) is 7.73. The number of aromatic amines is 1. The quantitative estimate of drug-likeness (QED) is 0.814. The predicted molar refractivity (Wildman–Crippen MR) is 89.3 cm³/mol. The Bertz CT molecular complexity index is 938. The molecular weight excluding hydrogens is 332 g/mol. The Labute approximate surface area is 138 Å². The number of hydrogen-bond donors (Lipinski definition) is 2. The molecule has 0 radical (unpaired) electrons. The third kappa shape index (κ3) is 3.62. The number of sulfonamides is 1. The lowest BCUT2D eigenvalue weighted by atomic mass is 10.1. The molecule has 24 heavy (non-hydrogen) atoms. The molecule has 0 spiro atoms. The van der Waals surface area contributed by atoms with Gasteiger partial charge in [0.1, 0.15) is 5.52 Å². The van der Waals surface area contributed by atoms with Gasteiger partial charge in [0, 0.05) is 36.9 Å². The summed E-state index contributed by atoms with van der Waals surface area (Å²) in [6.45, 7) is 0.882.